The summed E-state index contributed by atoms with van der Waals surface area (Å²) >= 11 is 0. The summed E-state index contributed by atoms with van der Waals surface area (Å²) in [5.41, 5.74) is 3.83. The highest BCUT2D eigenvalue weighted by molar-refractivity contribution is 5.90. The molecule has 1 aromatic carbocycles. The van der Waals surface area contributed by atoms with E-state index in [1.165, 1.54) is 36.8 Å². The highest BCUT2D eigenvalue weighted by Gasteiger charge is 2.16. The first-order chi connectivity index (χ1) is 9.31. The average Bonchev–Trinajstić information content (AvgIpc) is 3.07. The number of aryl methyl sites for hydroxylation is 2. The summed E-state index contributed by atoms with van der Waals surface area (Å²) in [5, 5.41) is 6.46. The van der Waals surface area contributed by atoms with Crippen molar-refractivity contribution in [2.45, 2.75) is 51.0 Å². The molecule has 1 unspecified atom stereocenters. The predicted molar refractivity (Wildman–Crippen MR) is 77.4 cm³/mol. The first-order valence-corrected chi connectivity index (χ1v) is 7.46. The monoisotopic (exact) mass is 258 g/mol. The summed E-state index contributed by atoms with van der Waals surface area (Å²) in [5.74, 6) is 0.145. The highest BCUT2D eigenvalue weighted by atomic mass is 16.1. The molecule has 0 aromatic heterocycles. The topological polar surface area (TPSA) is 41.1 Å². The molecule has 1 heterocycles. The maximum absolute atomic E-state index is 11.9. The zero-order chi connectivity index (χ0) is 13.1. The van der Waals surface area contributed by atoms with Gasteiger partial charge in [0.25, 0.3) is 0 Å². The smallest absolute Gasteiger partial charge is 0.224 e. The molecule has 1 atom stereocenters. The third kappa shape index (κ3) is 3.16. The van der Waals surface area contributed by atoms with Gasteiger partial charge in [-0.15, -0.1) is 0 Å². The van der Waals surface area contributed by atoms with Gasteiger partial charge in [0.2, 0.25) is 5.91 Å². The molecule has 1 aliphatic heterocycles. The van der Waals surface area contributed by atoms with E-state index in [1.54, 1.807) is 0 Å². The van der Waals surface area contributed by atoms with Gasteiger partial charge in [-0.3, -0.25) is 4.79 Å². The van der Waals surface area contributed by atoms with Crippen LogP contribution in [0.3, 0.4) is 0 Å². The summed E-state index contributed by atoms with van der Waals surface area (Å²) in [6.45, 7) is 1.11. The maximum Gasteiger partial charge on any atom is 0.224 e. The Kier molecular flexibility index (Phi) is 3.83. The van der Waals surface area contributed by atoms with Crippen molar-refractivity contribution in [2.75, 3.05) is 11.9 Å². The predicted octanol–water partition coefficient (Wildman–Crippen LogP) is 2.65. The van der Waals surface area contributed by atoms with Crippen LogP contribution in [-0.4, -0.2) is 18.5 Å². The van der Waals surface area contributed by atoms with Crippen LogP contribution in [0.5, 0.6) is 0 Å². The number of nitrogens with one attached hydrogen (secondary N) is 2. The Morgan fingerprint density at radius 3 is 3.00 bits per heavy atom. The summed E-state index contributed by atoms with van der Waals surface area (Å²) in [7, 11) is 0. The van der Waals surface area contributed by atoms with Crippen molar-refractivity contribution in [3.05, 3.63) is 29.3 Å². The van der Waals surface area contributed by atoms with Crippen LogP contribution < -0.4 is 10.6 Å². The maximum atomic E-state index is 11.9. The first-order valence-electron chi connectivity index (χ1n) is 7.46. The van der Waals surface area contributed by atoms with Crippen molar-refractivity contribution in [2.24, 2.45) is 0 Å². The summed E-state index contributed by atoms with van der Waals surface area (Å²) in [4.78, 5) is 11.9. The zero-order valence-electron chi connectivity index (χ0n) is 11.4. The van der Waals surface area contributed by atoms with E-state index in [9.17, 15) is 4.79 Å². The Hall–Kier alpha value is -1.35. The molecule has 0 radical (unpaired) electrons. The second-order valence-electron chi connectivity index (χ2n) is 5.72. The number of hydrogen-bond acceptors (Lipinski definition) is 2. The third-order valence-corrected chi connectivity index (χ3v) is 4.26. The molecule has 0 bridgehead atoms. The molecule has 3 rings (SSSR count). The van der Waals surface area contributed by atoms with Crippen LogP contribution in [0, 0.1) is 0 Å². The van der Waals surface area contributed by atoms with Crippen LogP contribution in [0.4, 0.5) is 5.69 Å². The van der Waals surface area contributed by atoms with Crippen molar-refractivity contribution >= 4 is 11.6 Å². The fourth-order valence-electron chi connectivity index (χ4n) is 3.18. The van der Waals surface area contributed by atoms with Gasteiger partial charge in [-0.25, -0.2) is 0 Å². The molecule has 0 spiro atoms. The summed E-state index contributed by atoms with van der Waals surface area (Å²) in [6, 6.07) is 6.89. The molecule has 102 valence electrons. The molecule has 2 N–H and O–H groups in total. The van der Waals surface area contributed by atoms with Crippen molar-refractivity contribution in [3.63, 3.8) is 0 Å². The van der Waals surface area contributed by atoms with Gasteiger partial charge >= 0.3 is 0 Å². The molecule has 0 saturated carbocycles. The van der Waals surface area contributed by atoms with E-state index in [4.69, 9.17) is 0 Å². The summed E-state index contributed by atoms with van der Waals surface area (Å²) < 4.78 is 0. The average molecular weight is 258 g/mol. The Bertz CT molecular complexity index is 464. The van der Waals surface area contributed by atoms with Crippen molar-refractivity contribution in [1.29, 1.82) is 0 Å². The van der Waals surface area contributed by atoms with Crippen LogP contribution in [-0.2, 0) is 17.6 Å². The molecule has 1 fully saturated rings. The second-order valence-corrected chi connectivity index (χ2v) is 5.72. The number of anilines is 1. The summed E-state index contributed by atoms with van der Waals surface area (Å²) in [6.07, 6.45) is 7.64. The number of carbonyl (C=O) groups is 1. The number of hydrogen-bond donors (Lipinski definition) is 2. The first kappa shape index (κ1) is 12.7. The second kappa shape index (κ2) is 5.74. The molecule has 3 heteroatoms. The number of benzene rings is 1. The van der Waals surface area contributed by atoms with Gasteiger partial charge in [-0.05, 0) is 68.3 Å². The van der Waals surface area contributed by atoms with Crippen LogP contribution in [0.25, 0.3) is 0 Å². The standard InChI is InChI=1S/C16H22N2O/c19-16(9-8-14-5-2-10-17-14)18-15-7-6-12-3-1-4-13(12)11-15/h6-7,11,14,17H,1-5,8-10H2,(H,18,19). The quantitative estimate of drug-likeness (QED) is 0.871. The fourth-order valence-corrected chi connectivity index (χ4v) is 3.18. The van der Waals surface area contributed by atoms with E-state index in [0.717, 1.165) is 25.1 Å². The lowest BCUT2D eigenvalue weighted by Gasteiger charge is -2.10. The SMILES string of the molecule is O=C(CCC1CCCN1)Nc1ccc2c(c1)CCC2. The minimum atomic E-state index is 0.145. The van der Waals surface area contributed by atoms with Crippen molar-refractivity contribution < 1.29 is 4.79 Å². The van der Waals surface area contributed by atoms with Gasteiger partial charge < -0.3 is 10.6 Å². The molecular formula is C16H22N2O. The van der Waals surface area contributed by atoms with E-state index in [2.05, 4.69) is 22.8 Å². The van der Waals surface area contributed by atoms with E-state index in [0.29, 0.717) is 12.5 Å². The van der Waals surface area contributed by atoms with Gasteiger partial charge in [-0.2, -0.15) is 0 Å². The van der Waals surface area contributed by atoms with Crippen LogP contribution >= 0.6 is 0 Å². The molecule has 1 aliphatic carbocycles. The molecule has 2 aliphatic rings. The minimum Gasteiger partial charge on any atom is -0.326 e. The van der Waals surface area contributed by atoms with Gasteiger partial charge in [-0.1, -0.05) is 6.07 Å². The Balaban J connectivity index is 1.51. The fraction of sp³-hybridized carbons (Fsp3) is 0.562. The molecule has 3 nitrogen and oxygen atoms in total. The highest BCUT2D eigenvalue weighted by Crippen LogP contribution is 2.25. The molecule has 1 saturated heterocycles. The lowest BCUT2D eigenvalue weighted by Crippen LogP contribution is -2.23. The molecule has 19 heavy (non-hydrogen) atoms. The Morgan fingerprint density at radius 1 is 1.26 bits per heavy atom. The lowest BCUT2D eigenvalue weighted by molar-refractivity contribution is -0.116. The third-order valence-electron chi connectivity index (χ3n) is 4.26. The van der Waals surface area contributed by atoms with E-state index < -0.39 is 0 Å². The van der Waals surface area contributed by atoms with Crippen LogP contribution in [0.2, 0.25) is 0 Å². The Labute approximate surface area is 114 Å². The van der Waals surface area contributed by atoms with Crippen molar-refractivity contribution in [1.82, 2.24) is 5.32 Å². The van der Waals surface area contributed by atoms with Gasteiger partial charge in [0.15, 0.2) is 0 Å². The number of rotatable bonds is 4. The Morgan fingerprint density at radius 2 is 2.16 bits per heavy atom. The van der Waals surface area contributed by atoms with E-state index in [1.807, 2.05) is 6.07 Å². The molecule has 1 amide bonds. The zero-order valence-corrected chi connectivity index (χ0v) is 11.4. The number of carbonyl (C=O) groups excluding carboxylic acids is 1. The van der Waals surface area contributed by atoms with E-state index >= 15 is 0 Å². The van der Waals surface area contributed by atoms with Gasteiger partial charge in [0.1, 0.15) is 0 Å². The molecule has 1 aromatic rings. The van der Waals surface area contributed by atoms with Crippen LogP contribution in [0.1, 0.15) is 43.2 Å². The van der Waals surface area contributed by atoms with Gasteiger partial charge in [0.05, 0.1) is 0 Å². The molecular weight excluding hydrogens is 236 g/mol. The lowest BCUT2D eigenvalue weighted by atomic mass is 10.1. The van der Waals surface area contributed by atoms with E-state index in [-0.39, 0.29) is 5.91 Å². The largest absolute Gasteiger partial charge is 0.326 e. The number of fused-ring (bicyclic) bond motifs is 1. The van der Waals surface area contributed by atoms with Crippen molar-refractivity contribution in [3.8, 4) is 0 Å². The van der Waals surface area contributed by atoms with Gasteiger partial charge in [0, 0.05) is 18.2 Å². The van der Waals surface area contributed by atoms with Crippen LogP contribution in [0.15, 0.2) is 18.2 Å². The normalized spacial score (nSPS) is 21.4. The minimum absolute atomic E-state index is 0.145. The number of amides is 1.